The minimum atomic E-state index is 0. The third-order valence-electron chi connectivity index (χ3n) is 5.31. The zero-order valence-corrected chi connectivity index (χ0v) is 21.8. The minimum Gasteiger partial charge on any atom is -0.504 e. The van der Waals surface area contributed by atoms with Gasteiger partial charge in [-0.15, -0.1) is 24.0 Å². The third kappa shape index (κ3) is 6.71. The van der Waals surface area contributed by atoms with E-state index in [2.05, 4.69) is 15.5 Å². The number of nitrogens with one attached hydrogen (secondary N) is 2. The van der Waals surface area contributed by atoms with Crippen molar-refractivity contribution in [3.05, 3.63) is 47.0 Å². The minimum absolute atomic E-state index is 0. The molecule has 2 aromatic rings. The van der Waals surface area contributed by atoms with Crippen LogP contribution in [-0.4, -0.2) is 57.5 Å². The summed E-state index contributed by atoms with van der Waals surface area (Å²) in [6, 6.07) is 11.5. The van der Waals surface area contributed by atoms with Crippen LogP contribution in [0.5, 0.6) is 17.2 Å². The van der Waals surface area contributed by atoms with Crippen LogP contribution >= 0.6 is 35.6 Å². The van der Waals surface area contributed by atoms with Crippen LogP contribution in [0.3, 0.4) is 0 Å². The molecule has 0 aliphatic carbocycles. The van der Waals surface area contributed by atoms with E-state index in [0.717, 1.165) is 49.0 Å². The molecule has 1 fully saturated rings. The molecule has 1 aliphatic heterocycles. The van der Waals surface area contributed by atoms with Crippen LogP contribution in [0.25, 0.3) is 0 Å². The molecule has 0 amide bonds. The van der Waals surface area contributed by atoms with Crippen molar-refractivity contribution in [2.24, 2.45) is 4.99 Å². The lowest BCUT2D eigenvalue weighted by Gasteiger charge is -2.22. The molecule has 1 saturated heterocycles. The van der Waals surface area contributed by atoms with Crippen LogP contribution < -0.4 is 25.0 Å². The van der Waals surface area contributed by atoms with Gasteiger partial charge in [0.25, 0.3) is 0 Å². The predicted molar refractivity (Wildman–Crippen MR) is 142 cm³/mol. The van der Waals surface area contributed by atoms with Gasteiger partial charge in [-0.2, -0.15) is 0 Å². The molecule has 9 heteroatoms. The van der Waals surface area contributed by atoms with Crippen molar-refractivity contribution in [3.8, 4) is 17.2 Å². The molecular weight excluding hydrogens is 543 g/mol. The summed E-state index contributed by atoms with van der Waals surface area (Å²) in [6.07, 6.45) is 1.60. The Bertz CT molecular complexity index is 913. The fourth-order valence-corrected chi connectivity index (χ4v) is 3.91. The van der Waals surface area contributed by atoms with Crippen molar-refractivity contribution < 1.29 is 14.6 Å². The fourth-order valence-electron chi connectivity index (χ4n) is 3.74. The monoisotopic (exact) mass is 574 g/mol. The van der Waals surface area contributed by atoms with Gasteiger partial charge in [0.2, 0.25) is 0 Å². The average molecular weight is 575 g/mol. The van der Waals surface area contributed by atoms with Crippen molar-refractivity contribution in [3.63, 3.8) is 0 Å². The number of methoxy groups -OCH3 is 2. The first-order valence-corrected chi connectivity index (χ1v) is 10.9. The molecule has 3 rings (SSSR count). The molecule has 176 valence electrons. The number of nitrogens with zero attached hydrogens (tertiary/aromatic N) is 2. The zero-order valence-electron chi connectivity index (χ0n) is 18.7. The summed E-state index contributed by atoms with van der Waals surface area (Å²) in [7, 11) is 3.22. The van der Waals surface area contributed by atoms with E-state index in [1.807, 2.05) is 37.3 Å². The largest absolute Gasteiger partial charge is 0.504 e. The van der Waals surface area contributed by atoms with Crippen LogP contribution in [0.1, 0.15) is 18.9 Å². The number of benzene rings is 2. The second-order valence-corrected chi connectivity index (χ2v) is 7.81. The second-order valence-electron chi connectivity index (χ2n) is 7.37. The van der Waals surface area contributed by atoms with Crippen LogP contribution in [0.2, 0.25) is 5.02 Å². The van der Waals surface area contributed by atoms with Crippen molar-refractivity contribution in [1.82, 2.24) is 10.6 Å². The Labute approximate surface area is 212 Å². The Morgan fingerprint density at radius 2 is 2.00 bits per heavy atom. The van der Waals surface area contributed by atoms with Crippen LogP contribution in [0.15, 0.2) is 41.4 Å². The summed E-state index contributed by atoms with van der Waals surface area (Å²) in [5.41, 5.74) is 1.83. The molecule has 1 aliphatic rings. The molecule has 1 unspecified atom stereocenters. The van der Waals surface area contributed by atoms with E-state index >= 15 is 0 Å². The highest BCUT2D eigenvalue weighted by atomic mass is 127. The summed E-state index contributed by atoms with van der Waals surface area (Å²) >= 11 is 6.20. The van der Waals surface area contributed by atoms with E-state index < -0.39 is 0 Å². The van der Waals surface area contributed by atoms with Gasteiger partial charge in [0.15, 0.2) is 17.5 Å². The van der Waals surface area contributed by atoms with E-state index in [4.69, 9.17) is 26.1 Å². The summed E-state index contributed by atoms with van der Waals surface area (Å²) in [4.78, 5) is 6.97. The molecular formula is C23H32ClIN4O3. The first-order valence-electron chi connectivity index (χ1n) is 10.5. The highest BCUT2D eigenvalue weighted by Crippen LogP contribution is 2.33. The smallest absolute Gasteiger partial charge is 0.191 e. The number of guanidine groups is 1. The Morgan fingerprint density at radius 3 is 2.72 bits per heavy atom. The molecule has 0 saturated carbocycles. The van der Waals surface area contributed by atoms with Gasteiger partial charge in [-0.3, -0.25) is 4.99 Å². The highest BCUT2D eigenvalue weighted by molar-refractivity contribution is 14.0. The Balaban J connectivity index is 0.00000363. The number of anilines is 1. The lowest BCUT2D eigenvalue weighted by atomic mass is 10.1. The number of hydrogen-bond acceptors (Lipinski definition) is 5. The number of phenolic OH excluding ortho intramolecular Hbond substituents is 1. The van der Waals surface area contributed by atoms with Gasteiger partial charge >= 0.3 is 0 Å². The normalized spacial score (nSPS) is 15.8. The molecule has 1 atom stereocenters. The predicted octanol–water partition coefficient (Wildman–Crippen LogP) is 4.06. The van der Waals surface area contributed by atoms with Crippen molar-refractivity contribution >= 4 is 47.2 Å². The standard InChI is InChI=1S/C23H31ClN4O3.HI/c1-4-25-23(26-12-10-16-6-5-7-21(31-3)22(16)29)27-18-11-13-28(15-18)19-14-17(24)8-9-20(19)30-2;/h5-9,14,18,29H,4,10-13,15H2,1-3H3,(H2,25,26,27);1H. The Hall–Kier alpha value is -2.07. The van der Waals surface area contributed by atoms with Gasteiger partial charge in [-0.25, -0.2) is 0 Å². The number of para-hydroxylation sites is 1. The summed E-state index contributed by atoms with van der Waals surface area (Å²) in [5.74, 6) is 2.26. The molecule has 32 heavy (non-hydrogen) atoms. The molecule has 7 nitrogen and oxygen atoms in total. The summed E-state index contributed by atoms with van der Waals surface area (Å²) in [6.45, 7) is 5.11. The highest BCUT2D eigenvalue weighted by Gasteiger charge is 2.25. The average Bonchev–Trinajstić information content (AvgIpc) is 3.23. The van der Waals surface area contributed by atoms with Gasteiger partial charge < -0.3 is 30.1 Å². The first kappa shape index (κ1) is 26.2. The van der Waals surface area contributed by atoms with E-state index in [1.165, 1.54) is 0 Å². The Morgan fingerprint density at radius 1 is 1.22 bits per heavy atom. The SMILES string of the molecule is CCNC(=NCCc1cccc(OC)c1O)NC1CCN(c2cc(Cl)ccc2OC)C1.I. The van der Waals surface area contributed by atoms with Gasteiger partial charge in [0.05, 0.1) is 19.9 Å². The lowest BCUT2D eigenvalue weighted by Crippen LogP contribution is -2.44. The number of phenols is 1. The maximum Gasteiger partial charge on any atom is 0.191 e. The van der Waals surface area contributed by atoms with Crippen molar-refractivity contribution in [1.29, 1.82) is 0 Å². The van der Waals surface area contributed by atoms with Crippen LogP contribution in [-0.2, 0) is 6.42 Å². The van der Waals surface area contributed by atoms with E-state index in [9.17, 15) is 5.11 Å². The molecule has 3 N–H and O–H groups in total. The van der Waals surface area contributed by atoms with Gasteiger partial charge in [0, 0.05) is 37.2 Å². The topological polar surface area (TPSA) is 78.4 Å². The zero-order chi connectivity index (χ0) is 22.2. The number of ether oxygens (including phenoxy) is 2. The maximum atomic E-state index is 10.3. The van der Waals surface area contributed by atoms with E-state index in [0.29, 0.717) is 23.7 Å². The van der Waals surface area contributed by atoms with E-state index in [-0.39, 0.29) is 35.8 Å². The first-order chi connectivity index (χ1) is 15.0. The molecule has 2 aromatic carbocycles. The van der Waals surface area contributed by atoms with Crippen LogP contribution in [0, 0.1) is 0 Å². The summed E-state index contributed by atoms with van der Waals surface area (Å²) < 4.78 is 10.7. The molecule has 0 bridgehead atoms. The Kier molecular flexibility index (Phi) is 10.5. The maximum absolute atomic E-state index is 10.3. The molecule has 0 radical (unpaired) electrons. The van der Waals surface area contributed by atoms with Crippen LogP contribution in [0.4, 0.5) is 5.69 Å². The molecule has 1 heterocycles. The van der Waals surface area contributed by atoms with Gasteiger partial charge in [-0.1, -0.05) is 23.7 Å². The summed E-state index contributed by atoms with van der Waals surface area (Å²) in [5, 5.41) is 17.8. The second kappa shape index (κ2) is 12.8. The molecule has 0 spiro atoms. The number of rotatable bonds is 8. The van der Waals surface area contributed by atoms with Gasteiger partial charge in [-0.05, 0) is 49.6 Å². The lowest BCUT2D eigenvalue weighted by molar-refractivity contribution is 0.370. The third-order valence-corrected chi connectivity index (χ3v) is 5.54. The number of halogens is 2. The molecule has 0 aromatic heterocycles. The van der Waals surface area contributed by atoms with Crippen molar-refractivity contribution in [2.75, 3.05) is 45.3 Å². The quantitative estimate of drug-likeness (QED) is 0.251. The number of hydrogen-bond donors (Lipinski definition) is 3. The van der Waals surface area contributed by atoms with Crippen molar-refractivity contribution in [2.45, 2.75) is 25.8 Å². The fraction of sp³-hybridized carbons (Fsp3) is 0.435. The number of aliphatic imine (C=N–C) groups is 1. The van der Waals surface area contributed by atoms with E-state index in [1.54, 1.807) is 20.3 Å². The van der Waals surface area contributed by atoms with Gasteiger partial charge in [0.1, 0.15) is 5.75 Å². The number of aromatic hydroxyl groups is 1.